The number of carbonyl (C=O) groups excluding carboxylic acids is 2. The van der Waals surface area contributed by atoms with Crippen molar-refractivity contribution in [2.75, 3.05) is 6.54 Å². The average molecular weight is 321 g/mol. The number of hydrogen-bond acceptors (Lipinski definition) is 3. The number of hydrogen-bond donors (Lipinski definition) is 3. The van der Waals surface area contributed by atoms with Crippen LogP contribution >= 0.6 is 0 Å². The van der Waals surface area contributed by atoms with Gasteiger partial charge in [-0.3, -0.25) is 9.59 Å². The van der Waals surface area contributed by atoms with Gasteiger partial charge in [0, 0.05) is 18.5 Å². The molecular formula is C18H31N3O2. The minimum Gasteiger partial charge on any atom is -0.349 e. The minimum absolute atomic E-state index is 0.0614. The average Bonchev–Trinajstić information content (AvgIpc) is 2.87. The van der Waals surface area contributed by atoms with Gasteiger partial charge in [-0.2, -0.15) is 0 Å². The van der Waals surface area contributed by atoms with Gasteiger partial charge in [-0.1, -0.05) is 6.08 Å². The highest BCUT2D eigenvalue weighted by Gasteiger charge is 2.60. The fourth-order valence-electron chi connectivity index (χ4n) is 4.56. The molecule has 1 aliphatic carbocycles. The third-order valence-electron chi connectivity index (χ3n) is 5.22. The van der Waals surface area contributed by atoms with Crippen LogP contribution in [-0.4, -0.2) is 35.5 Å². The molecule has 2 fully saturated rings. The van der Waals surface area contributed by atoms with Crippen LogP contribution in [0, 0.1) is 17.8 Å². The molecule has 1 saturated carbocycles. The summed E-state index contributed by atoms with van der Waals surface area (Å²) in [5, 5.41) is 9.64. The maximum absolute atomic E-state index is 13.2. The molecular weight excluding hydrogens is 290 g/mol. The lowest BCUT2D eigenvalue weighted by Crippen LogP contribution is -2.64. The van der Waals surface area contributed by atoms with Crippen molar-refractivity contribution in [1.29, 1.82) is 0 Å². The van der Waals surface area contributed by atoms with Gasteiger partial charge in [0.1, 0.15) is 5.54 Å². The molecule has 5 atom stereocenters. The standard InChI is InChI=1S/C18H31N3O2/c1-7-8-14-15-11(2)19-10-13(15)9-18(14,20-12(3)22)16(23)21-17(4,5)6/h7,11,13-15,19H,1,8-10H2,2-6H3,(H,20,22)(H,21,23)/t11?,13-,14-,15?,18?/m0/s1. The van der Waals surface area contributed by atoms with Crippen molar-refractivity contribution in [3.05, 3.63) is 12.7 Å². The van der Waals surface area contributed by atoms with Gasteiger partial charge in [-0.25, -0.2) is 0 Å². The molecule has 1 heterocycles. The Bertz CT molecular complexity index is 497. The van der Waals surface area contributed by atoms with Crippen LogP contribution < -0.4 is 16.0 Å². The van der Waals surface area contributed by atoms with E-state index in [4.69, 9.17) is 0 Å². The first-order valence-corrected chi connectivity index (χ1v) is 8.56. The molecule has 1 aliphatic heterocycles. The zero-order valence-corrected chi connectivity index (χ0v) is 15.0. The van der Waals surface area contributed by atoms with Crippen LogP contribution in [0.4, 0.5) is 0 Å². The predicted molar refractivity (Wildman–Crippen MR) is 91.8 cm³/mol. The maximum atomic E-state index is 13.2. The summed E-state index contributed by atoms with van der Waals surface area (Å²) in [6, 6.07) is 0.350. The second kappa shape index (κ2) is 6.27. The molecule has 0 aromatic rings. The SMILES string of the molecule is C=CC[C@H]1C2C(C)NC[C@@H]2CC1(NC(C)=O)C(=O)NC(C)(C)C. The summed E-state index contributed by atoms with van der Waals surface area (Å²) in [7, 11) is 0. The second-order valence-corrected chi connectivity index (χ2v) is 8.23. The number of allylic oxidation sites excluding steroid dienone is 1. The van der Waals surface area contributed by atoms with Crippen molar-refractivity contribution in [1.82, 2.24) is 16.0 Å². The molecule has 0 aromatic carbocycles. The molecule has 0 aromatic heterocycles. The first kappa shape index (κ1) is 18.0. The summed E-state index contributed by atoms with van der Waals surface area (Å²) < 4.78 is 0. The largest absolute Gasteiger partial charge is 0.349 e. The van der Waals surface area contributed by atoms with Crippen LogP contribution in [0.25, 0.3) is 0 Å². The number of amides is 2. The van der Waals surface area contributed by atoms with Gasteiger partial charge in [0.2, 0.25) is 11.8 Å². The normalized spacial score (nSPS) is 36.4. The molecule has 5 heteroatoms. The van der Waals surface area contributed by atoms with Gasteiger partial charge in [0.15, 0.2) is 0 Å². The summed E-state index contributed by atoms with van der Waals surface area (Å²) in [5.41, 5.74) is -1.16. The van der Waals surface area contributed by atoms with Gasteiger partial charge in [0.25, 0.3) is 0 Å². The lowest BCUT2D eigenvalue weighted by molar-refractivity contribution is -0.136. The Morgan fingerprint density at radius 2 is 2.04 bits per heavy atom. The number of fused-ring (bicyclic) bond motifs is 1. The van der Waals surface area contributed by atoms with E-state index in [1.807, 2.05) is 26.8 Å². The molecule has 2 aliphatic rings. The van der Waals surface area contributed by atoms with Crippen molar-refractivity contribution in [2.45, 2.75) is 64.6 Å². The molecule has 130 valence electrons. The van der Waals surface area contributed by atoms with E-state index >= 15 is 0 Å². The summed E-state index contributed by atoms with van der Waals surface area (Å²) in [6.45, 7) is 14.4. The monoisotopic (exact) mass is 321 g/mol. The topological polar surface area (TPSA) is 70.2 Å². The van der Waals surface area contributed by atoms with E-state index in [0.717, 1.165) is 13.0 Å². The zero-order valence-electron chi connectivity index (χ0n) is 15.0. The molecule has 0 spiro atoms. The Morgan fingerprint density at radius 3 is 2.57 bits per heavy atom. The Balaban J connectivity index is 2.41. The Morgan fingerprint density at radius 1 is 1.39 bits per heavy atom. The fourth-order valence-corrected chi connectivity index (χ4v) is 4.56. The van der Waals surface area contributed by atoms with E-state index in [1.54, 1.807) is 0 Å². The minimum atomic E-state index is -0.834. The lowest BCUT2D eigenvalue weighted by Gasteiger charge is -2.39. The summed E-state index contributed by atoms with van der Waals surface area (Å²) in [5.74, 6) is 0.650. The maximum Gasteiger partial charge on any atom is 0.246 e. The number of carbonyl (C=O) groups is 2. The van der Waals surface area contributed by atoms with Gasteiger partial charge in [0.05, 0.1) is 0 Å². The van der Waals surface area contributed by atoms with Crippen molar-refractivity contribution in [3.8, 4) is 0 Å². The Hall–Kier alpha value is -1.36. The van der Waals surface area contributed by atoms with Crippen molar-refractivity contribution < 1.29 is 9.59 Å². The second-order valence-electron chi connectivity index (χ2n) is 8.23. The van der Waals surface area contributed by atoms with Crippen LogP contribution in [0.2, 0.25) is 0 Å². The molecule has 23 heavy (non-hydrogen) atoms. The summed E-state index contributed by atoms with van der Waals surface area (Å²) in [4.78, 5) is 25.1. The Kier molecular flexibility index (Phi) is 4.90. The predicted octanol–water partition coefficient (Wildman–Crippen LogP) is 1.60. The van der Waals surface area contributed by atoms with E-state index in [2.05, 4.69) is 29.5 Å². The Labute approximate surface area is 139 Å². The van der Waals surface area contributed by atoms with Gasteiger partial charge in [-0.15, -0.1) is 6.58 Å². The third kappa shape index (κ3) is 3.44. The molecule has 0 bridgehead atoms. The van der Waals surface area contributed by atoms with E-state index in [9.17, 15) is 9.59 Å². The summed E-state index contributed by atoms with van der Waals surface area (Å²) in [6.07, 6.45) is 3.29. The van der Waals surface area contributed by atoms with Crippen LogP contribution in [0.3, 0.4) is 0 Å². The zero-order chi connectivity index (χ0) is 17.4. The van der Waals surface area contributed by atoms with Gasteiger partial charge >= 0.3 is 0 Å². The van der Waals surface area contributed by atoms with Crippen LogP contribution in [-0.2, 0) is 9.59 Å². The molecule has 2 amide bonds. The number of nitrogens with one attached hydrogen (secondary N) is 3. The van der Waals surface area contributed by atoms with E-state index < -0.39 is 5.54 Å². The first-order chi connectivity index (χ1) is 10.6. The molecule has 5 nitrogen and oxygen atoms in total. The quantitative estimate of drug-likeness (QED) is 0.689. The molecule has 1 saturated heterocycles. The number of rotatable bonds is 4. The van der Waals surface area contributed by atoms with E-state index in [1.165, 1.54) is 6.92 Å². The molecule has 0 radical (unpaired) electrons. The van der Waals surface area contributed by atoms with E-state index in [0.29, 0.717) is 24.3 Å². The van der Waals surface area contributed by atoms with Crippen molar-refractivity contribution in [2.24, 2.45) is 17.8 Å². The van der Waals surface area contributed by atoms with Gasteiger partial charge in [-0.05, 0) is 64.8 Å². The highest BCUT2D eigenvalue weighted by atomic mass is 16.2. The smallest absolute Gasteiger partial charge is 0.246 e. The highest BCUT2D eigenvalue weighted by molar-refractivity contribution is 5.92. The van der Waals surface area contributed by atoms with Gasteiger partial charge < -0.3 is 16.0 Å². The highest BCUT2D eigenvalue weighted by Crippen LogP contribution is 2.50. The molecule has 3 N–H and O–H groups in total. The first-order valence-electron chi connectivity index (χ1n) is 8.56. The summed E-state index contributed by atoms with van der Waals surface area (Å²) >= 11 is 0. The van der Waals surface area contributed by atoms with E-state index in [-0.39, 0.29) is 23.3 Å². The lowest BCUT2D eigenvalue weighted by atomic mass is 9.77. The third-order valence-corrected chi connectivity index (χ3v) is 5.22. The van der Waals surface area contributed by atoms with Crippen LogP contribution in [0.5, 0.6) is 0 Å². The fraction of sp³-hybridized carbons (Fsp3) is 0.778. The molecule has 3 unspecified atom stereocenters. The van der Waals surface area contributed by atoms with Crippen molar-refractivity contribution in [3.63, 3.8) is 0 Å². The van der Waals surface area contributed by atoms with Crippen LogP contribution in [0.15, 0.2) is 12.7 Å². The van der Waals surface area contributed by atoms with Crippen molar-refractivity contribution >= 4 is 11.8 Å². The van der Waals surface area contributed by atoms with Crippen LogP contribution in [0.1, 0.15) is 47.5 Å². The molecule has 2 rings (SSSR count).